The maximum atomic E-state index is 6.20. The lowest BCUT2D eigenvalue weighted by Gasteiger charge is -2.28. The van der Waals surface area contributed by atoms with E-state index < -0.39 is 0 Å². The molecule has 6 heteroatoms. The molecule has 1 unspecified atom stereocenters. The van der Waals surface area contributed by atoms with Gasteiger partial charge in [0, 0.05) is 26.5 Å². The predicted octanol–water partition coefficient (Wildman–Crippen LogP) is 6.35. The first-order chi connectivity index (χ1) is 10.0. The summed E-state index contributed by atoms with van der Waals surface area (Å²) in [6.45, 7) is 0.601. The third kappa shape index (κ3) is 3.26. The van der Waals surface area contributed by atoms with E-state index in [9.17, 15) is 0 Å². The molecule has 2 nitrogen and oxygen atoms in total. The summed E-state index contributed by atoms with van der Waals surface area (Å²) in [6.07, 6.45) is 0.822. The second kappa shape index (κ2) is 6.25. The number of nitrogens with one attached hydrogen (secondary N) is 1. The molecule has 0 saturated carbocycles. The number of halogens is 4. The number of hydrogen-bond acceptors (Lipinski definition) is 2. The number of hydrogen-bond donors (Lipinski definition) is 1. The van der Waals surface area contributed by atoms with Crippen LogP contribution in [-0.4, -0.2) is 6.61 Å². The molecular formula is C15H11BrCl3NO. The Kier molecular flexibility index (Phi) is 4.55. The summed E-state index contributed by atoms with van der Waals surface area (Å²) in [6, 6.07) is 9.28. The van der Waals surface area contributed by atoms with Crippen molar-refractivity contribution in [2.24, 2.45) is 0 Å². The van der Waals surface area contributed by atoms with E-state index in [2.05, 4.69) is 21.2 Å². The van der Waals surface area contributed by atoms with Crippen molar-refractivity contribution in [3.8, 4) is 5.75 Å². The smallest absolute Gasteiger partial charge is 0.143 e. The Morgan fingerprint density at radius 3 is 2.71 bits per heavy atom. The zero-order valence-corrected chi connectivity index (χ0v) is 14.7. The van der Waals surface area contributed by atoms with Gasteiger partial charge in [-0.05, 0) is 46.3 Å². The van der Waals surface area contributed by atoms with Crippen molar-refractivity contribution < 1.29 is 4.74 Å². The molecule has 1 atom stereocenters. The van der Waals surface area contributed by atoms with Gasteiger partial charge in [0.25, 0.3) is 0 Å². The molecular weight excluding hydrogens is 396 g/mol. The monoisotopic (exact) mass is 405 g/mol. The maximum absolute atomic E-state index is 6.20. The van der Waals surface area contributed by atoms with Crippen LogP contribution < -0.4 is 10.1 Å². The van der Waals surface area contributed by atoms with Gasteiger partial charge in [0.15, 0.2) is 0 Å². The average Bonchev–Trinajstić information content (AvgIpc) is 2.43. The number of anilines is 1. The Balaban J connectivity index is 1.97. The Morgan fingerprint density at radius 2 is 1.90 bits per heavy atom. The van der Waals surface area contributed by atoms with Crippen LogP contribution in [0.5, 0.6) is 5.75 Å². The second-order valence-corrected chi connectivity index (χ2v) is 6.90. The lowest BCUT2D eigenvalue weighted by Crippen LogP contribution is -2.20. The molecule has 1 heterocycles. The molecule has 21 heavy (non-hydrogen) atoms. The van der Waals surface area contributed by atoms with Crippen LogP contribution in [0.15, 0.2) is 34.8 Å². The van der Waals surface area contributed by atoms with Gasteiger partial charge in [-0.25, -0.2) is 0 Å². The largest absolute Gasteiger partial charge is 0.492 e. The zero-order chi connectivity index (χ0) is 15.0. The molecule has 2 aromatic carbocycles. The molecule has 0 fully saturated rings. The van der Waals surface area contributed by atoms with Gasteiger partial charge in [0.05, 0.1) is 23.4 Å². The van der Waals surface area contributed by atoms with Gasteiger partial charge < -0.3 is 10.1 Å². The first-order valence-corrected chi connectivity index (χ1v) is 8.30. The van der Waals surface area contributed by atoms with Crippen LogP contribution in [0.3, 0.4) is 0 Å². The van der Waals surface area contributed by atoms with Crippen LogP contribution in [0.1, 0.15) is 18.0 Å². The fraction of sp³-hybridized carbons (Fsp3) is 0.200. The molecule has 0 saturated heterocycles. The second-order valence-electron chi connectivity index (χ2n) is 4.76. The number of ether oxygens (including phenoxy) is 1. The quantitative estimate of drug-likeness (QED) is 0.627. The number of fused-ring (bicyclic) bond motifs is 1. The summed E-state index contributed by atoms with van der Waals surface area (Å²) in [4.78, 5) is 0. The normalized spacial score (nSPS) is 17.0. The van der Waals surface area contributed by atoms with Gasteiger partial charge >= 0.3 is 0 Å². The van der Waals surface area contributed by atoms with E-state index >= 15 is 0 Å². The van der Waals surface area contributed by atoms with E-state index in [0.717, 1.165) is 22.1 Å². The third-order valence-corrected chi connectivity index (χ3v) is 4.75. The standard InChI is InChI=1S/C15H11BrCl3NO/c16-11-2-1-8(17)7-14(11)20-13-3-4-21-15-10(13)5-9(18)6-12(15)19/h1-2,5-7,13,20H,3-4H2. The highest BCUT2D eigenvalue weighted by molar-refractivity contribution is 9.10. The van der Waals surface area contributed by atoms with E-state index in [-0.39, 0.29) is 6.04 Å². The van der Waals surface area contributed by atoms with E-state index in [4.69, 9.17) is 39.5 Å². The summed E-state index contributed by atoms with van der Waals surface area (Å²) in [5.74, 6) is 0.697. The molecule has 110 valence electrons. The van der Waals surface area contributed by atoms with Gasteiger partial charge in [0.1, 0.15) is 5.75 Å². The van der Waals surface area contributed by atoms with E-state index in [0.29, 0.717) is 27.4 Å². The SMILES string of the molecule is Clc1ccc(Br)c(NC2CCOc3c(Cl)cc(Cl)cc32)c1. The molecule has 0 bridgehead atoms. The molecule has 0 aliphatic carbocycles. The zero-order valence-electron chi connectivity index (χ0n) is 10.8. The van der Waals surface area contributed by atoms with Crippen LogP contribution in [0.2, 0.25) is 15.1 Å². The van der Waals surface area contributed by atoms with E-state index in [1.807, 2.05) is 24.3 Å². The van der Waals surface area contributed by atoms with Crippen molar-refractivity contribution in [2.45, 2.75) is 12.5 Å². The predicted molar refractivity (Wildman–Crippen MR) is 92.1 cm³/mol. The minimum absolute atomic E-state index is 0.0692. The Morgan fingerprint density at radius 1 is 1.10 bits per heavy atom. The van der Waals surface area contributed by atoms with Gasteiger partial charge in [-0.3, -0.25) is 0 Å². The molecule has 0 radical (unpaired) electrons. The Hall–Kier alpha value is -0.610. The minimum Gasteiger partial charge on any atom is -0.492 e. The lowest BCUT2D eigenvalue weighted by atomic mass is 10.00. The lowest BCUT2D eigenvalue weighted by molar-refractivity contribution is 0.274. The van der Waals surface area contributed by atoms with Crippen LogP contribution in [-0.2, 0) is 0 Å². The highest BCUT2D eigenvalue weighted by Crippen LogP contribution is 2.42. The molecule has 0 aromatic heterocycles. The summed E-state index contributed by atoms with van der Waals surface area (Å²) in [5, 5.41) is 5.28. The first-order valence-electron chi connectivity index (χ1n) is 6.38. The third-order valence-electron chi connectivity index (χ3n) is 3.32. The van der Waals surface area contributed by atoms with Crippen molar-refractivity contribution in [3.05, 3.63) is 55.4 Å². The van der Waals surface area contributed by atoms with Crippen molar-refractivity contribution in [3.63, 3.8) is 0 Å². The van der Waals surface area contributed by atoms with Crippen molar-refractivity contribution in [2.75, 3.05) is 11.9 Å². The van der Waals surface area contributed by atoms with Gasteiger partial charge in [-0.1, -0.05) is 34.8 Å². The van der Waals surface area contributed by atoms with Gasteiger partial charge in [-0.15, -0.1) is 0 Å². The molecule has 0 spiro atoms. The summed E-state index contributed by atoms with van der Waals surface area (Å²) < 4.78 is 6.61. The number of rotatable bonds is 2. The molecule has 1 aliphatic rings. The fourth-order valence-electron chi connectivity index (χ4n) is 2.37. The molecule has 1 N–H and O–H groups in total. The highest BCUT2D eigenvalue weighted by Gasteiger charge is 2.24. The Labute approximate surface area is 146 Å². The summed E-state index contributed by atoms with van der Waals surface area (Å²) >= 11 is 21.9. The van der Waals surface area contributed by atoms with Crippen molar-refractivity contribution in [1.82, 2.24) is 0 Å². The minimum atomic E-state index is 0.0692. The summed E-state index contributed by atoms with van der Waals surface area (Å²) in [7, 11) is 0. The molecule has 3 rings (SSSR count). The van der Waals surface area contributed by atoms with E-state index in [1.54, 1.807) is 6.07 Å². The molecule has 0 amide bonds. The van der Waals surface area contributed by atoms with Crippen molar-refractivity contribution >= 4 is 56.4 Å². The summed E-state index contributed by atoms with van der Waals surface area (Å²) in [5.41, 5.74) is 1.89. The molecule has 2 aromatic rings. The van der Waals surface area contributed by atoms with Gasteiger partial charge in [-0.2, -0.15) is 0 Å². The van der Waals surface area contributed by atoms with E-state index in [1.165, 1.54) is 0 Å². The van der Waals surface area contributed by atoms with Crippen LogP contribution in [0.25, 0.3) is 0 Å². The van der Waals surface area contributed by atoms with Crippen LogP contribution in [0, 0.1) is 0 Å². The van der Waals surface area contributed by atoms with Crippen molar-refractivity contribution in [1.29, 1.82) is 0 Å². The average molecular weight is 408 g/mol. The fourth-order valence-corrected chi connectivity index (χ4v) is 3.47. The Bertz CT molecular complexity index is 693. The number of benzene rings is 2. The topological polar surface area (TPSA) is 21.3 Å². The molecule has 1 aliphatic heterocycles. The van der Waals surface area contributed by atoms with Crippen LogP contribution in [0.4, 0.5) is 5.69 Å². The first kappa shape index (κ1) is 15.3. The van der Waals surface area contributed by atoms with Gasteiger partial charge in [0.2, 0.25) is 0 Å². The van der Waals surface area contributed by atoms with Crippen LogP contribution >= 0.6 is 50.7 Å². The maximum Gasteiger partial charge on any atom is 0.143 e. The highest BCUT2D eigenvalue weighted by atomic mass is 79.9.